The average Bonchev–Trinajstić information content (AvgIpc) is 3.02. The Morgan fingerprint density at radius 2 is 2.04 bits per heavy atom. The molecule has 0 aliphatic carbocycles. The van der Waals surface area contributed by atoms with Crippen LogP contribution in [0.15, 0.2) is 29.3 Å². The molecule has 1 saturated heterocycles. The molecule has 1 atom stereocenters. The lowest BCUT2D eigenvalue weighted by Crippen LogP contribution is -2.45. The van der Waals surface area contributed by atoms with Gasteiger partial charge in [0.05, 0.1) is 6.54 Å². The highest BCUT2D eigenvalue weighted by Gasteiger charge is 2.27. The first-order valence-corrected chi connectivity index (χ1v) is 8.57. The Morgan fingerprint density at radius 3 is 2.64 bits per heavy atom. The van der Waals surface area contributed by atoms with Gasteiger partial charge in [-0.1, -0.05) is 26.0 Å². The van der Waals surface area contributed by atoms with Crippen LogP contribution in [0.25, 0.3) is 0 Å². The number of nitrogens with zero attached hydrogens (tertiary/aromatic N) is 2. The molecule has 1 heterocycles. The first kappa shape index (κ1) is 21.7. The van der Waals surface area contributed by atoms with E-state index in [4.69, 9.17) is 0 Å². The Bertz CT molecular complexity index is 577. The van der Waals surface area contributed by atoms with Crippen molar-refractivity contribution < 1.29 is 9.18 Å². The molecule has 1 aromatic rings. The molecule has 1 aliphatic rings. The van der Waals surface area contributed by atoms with Crippen molar-refractivity contribution in [3.8, 4) is 0 Å². The minimum atomic E-state index is -0.242. The lowest BCUT2D eigenvalue weighted by Gasteiger charge is -2.20. The van der Waals surface area contributed by atoms with Gasteiger partial charge in [-0.25, -0.2) is 9.38 Å². The van der Waals surface area contributed by atoms with Crippen LogP contribution in [-0.2, 0) is 11.3 Å². The number of carbonyl (C=O) groups is 1. The monoisotopic (exact) mass is 462 g/mol. The maximum Gasteiger partial charge on any atom is 0.225 e. The van der Waals surface area contributed by atoms with Crippen LogP contribution in [0.1, 0.15) is 32.8 Å². The van der Waals surface area contributed by atoms with E-state index >= 15 is 0 Å². The number of likely N-dealkylation sites (tertiary alicyclic amines) is 1. The van der Waals surface area contributed by atoms with Gasteiger partial charge in [0.15, 0.2) is 5.96 Å². The molecule has 140 valence electrons. The lowest BCUT2D eigenvalue weighted by atomic mass is 10.2. The zero-order chi connectivity index (χ0) is 17.5. The Labute approximate surface area is 166 Å². The number of aliphatic imine (C=N–C) groups is 1. The first-order valence-electron chi connectivity index (χ1n) is 8.57. The Balaban J connectivity index is 0.00000312. The molecule has 1 fully saturated rings. The van der Waals surface area contributed by atoms with Gasteiger partial charge >= 0.3 is 0 Å². The number of amides is 1. The summed E-state index contributed by atoms with van der Waals surface area (Å²) in [5, 5.41) is 6.61. The van der Waals surface area contributed by atoms with Crippen LogP contribution in [0.5, 0.6) is 0 Å². The summed E-state index contributed by atoms with van der Waals surface area (Å²) in [7, 11) is 0. The van der Waals surface area contributed by atoms with Crippen LogP contribution in [0.2, 0.25) is 0 Å². The van der Waals surface area contributed by atoms with Crippen LogP contribution in [0, 0.1) is 11.7 Å². The minimum absolute atomic E-state index is 0. The molecule has 2 N–H and O–H groups in total. The van der Waals surface area contributed by atoms with E-state index in [0.717, 1.165) is 31.0 Å². The van der Waals surface area contributed by atoms with Crippen molar-refractivity contribution in [2.24, 2.45) is 10.9 Å². The second kappa shape index (κ2) is 10.6. The fourth-order valence-electron chi connectivity index (χ4n) is 2.72. The smallest absolute Gasteiger partial charge is 0.225 e. The molecule has 1 amide bonds. The largest absolute Gasteiger partial charge is 0.357 e. The molecule has 1 unspecified atom stereocenters. The number of hydrogen-bond acceptors (Lipinski definition) is 2. The van der Waals surface area contributed by atoms with Gasteiger partial charge in [0, 0.05) is 31.6 Å². The zero-order valence-corrected chi connectivity index (χ0v) is 17.4. The van der Waals surface area contributed by atoms with Crippen molar-refractivity contribution in [3.05, 3.63) is 35.6 Å². The molecular formula is C18H28FIN4O. The fraction of sp³-hybridized carbons (Fsp3) is 0.556. The average molecular weight is 462 g/mol. The summed E-state index contributed by atoms with van der Waals surface area (Å²) in [5.41, 5.74) is 0.955. The van der Waals surface area contributed by atoms with Gasteiger partial charge in [0.1, 0.15) is 5.82 Å². The summed E-state index contributed by atoms with van der Waals surface area (Å²) in [4.78, 5) is 18.5. The maximum absolute atomic E-state index is 12.9. The summed E-state index contributed by atoms with van der Waals surface area (Å²) in [6.45, 7) is 8.60. The van der Waals surface area contributed by atoms with Crippen molar-refractivity contribution in [2.45, 2.75) is 39.8 Å². The fourth-order valence-corrected chi connectivity index (χ4v) is 2.72. The zero-order valence-electron chi connectivity index (χ0n) is 15.1. The third-order valence-corrected chi connectivity index (χ3v) is 4.01. The Morgan fingerprint density at radius 1 is 1.36 bits per heavy atom. The van der Waals surface area contributed by atoms with E-state index in [1.807, 2.05) is 25.7 Å². The summed E-state index contributed by atoms with van der Waals surface area (Å²) in [6.07, 6.45) is 0.916. The predicted molar refractivity (Wildman–Crippen MR) is 110 cm³/mol. The topological polar surface area (TPSA) is 56.7 Å². The number of benzene rings is 1. The summed E-state index contributed by atoms with van der Waals surface area (Å²) in [5.74, 6) is 0.719. The van der Waals surface area contributed by atoms with E-state index in [1.54, 1.807) is 12.1 Å². The summed E-state index contributed by atoms with van der Waals surface area (Å²) in [6, 6.07) is 6.57. The first-order chi connectivity index (χ1) is 11.5. The van der Waals surface area contributed by atoms with Crippen molar-refractivity contribution in [1.82, 2.24) is 15.5 Å². The molecule has 7 heteroatoms. The van der Waals surface area contributed by atoms with E-state index < -0.39 is 0 Å². The van der Waals surface area contributed by atoms with E-state index in [-0.39, 0.29) is 47.7 Å². The summed E-state index contributed by atoms with van der Waals surface area (Å²) >= 11 is 0. The third-order valence-electron chi connectivity index (χ3n) is 4.01. The van der Waals surface area contributed by atoms with Crippen LogP contribution in [0.4, 0.5) is 4.39 Å². The van der Waals surface area contributed by atoms with Gasteiger partial charge in [-0.3, -0.25) is 4.79 Å². The standard InChI is InChI=1S/C18H27FN4O.HI/c1-4-20-18(21-11-14-5-7-15(19)8-6-14)22-16-9-10-23(12-16)17(24)13(2)3;/h5-8,13,16H,4,9-12H2,1-3H3,(H2,20,21,22);1H. The highest BCUT2D eigenvalue weighted by atomic mass is 127. The Hall–Kier alpha value is -1.38. The van der Waals surface area contributed by atoms with Crippen molar-refractivity contribution >= 4 is 35.8 Å². The second-order valence-corrected chi connectivity index (χ2v) is 6.39. The minimum Gasteiger partial charge on any atom is -0.357 e. The highest BCUT2D eigenvalue weighted by Crippen LogP contribution is 2.13. The van der Waals surface area contributed by atoms with Gasteiger partial charge in [0.2, 0.25) is 5.91 Å². The molecule has 5 nitrogen and oxygen atoms in total. The molecular weight excluding hydrogens is 434 g/mol. The molecule has 0 saturated carbocycles. The van der Waals surface area contributed by atoms with E-state index in [1.165, 1.54) is 12.1 Å². The normalized spacial score (nSPS) is 17.4. The van der Waals surface area contributed by atoms with Gasteiger partial charge < -0.3 is 15.5 Å². The molecule has 0 aromatic heterocycles. The maximum atomic E-state index is 12.9. The molecule has 2 rings (SSSR count). The number of hydrogen-bond donors (Lipinski definition) is 2. The SMILES string of the molecule is CCNC(=NCc1ccc(F)cc1)NC1CCN(C(=O)C(C)C)C1.I. The molecule has 25 heavy (non-hydrogen) atoms. The van der Waals surface area contributed by atoms with Crippen molar-refractivity contribution in [1.29, 1.82) is 0 Å². The molecule has 0 bridgehead atoms. The highest BCUT2D eigenvalue weighted by molar-refractivity contribution is 14.0. The molecule has 1 aliphatic heterocycles. The van der Waals surface area contributed by atoms with E-state index in [9.17, 15) is 9.18 Å². The quantitative estimate of drug-likeness (QED) is 0.402. The van der Waals surface area contributed by atoms with Gasteiger partial charge in [-0.2, -0.15) is 0 Å². The van der Waals surface area contributed by atoms with Crippen LogP contribution < -0.4 is 10.6 Å². The van der Waals surface area contributed by atoms with Crippen molar-refractivity contribution in [2.75, 3.05) is 19.6 Å². The molecule has 0 radical (unpaired) electrons. The van der Waals surface area contributed by atoms with Gasteiger partial charge in [-0.05, 0) is 31.0 Å². The van der Waals surface area contributed by atoms with E-state index in [2.05, 4.69) is 15.6 Å². The van der Waals surface area contributed by atoms with Crippen LogP contribution in [0.3, 0.4) is 0 Å². The van der Waals surface area contributed by atoms with Gasteiger partial charge in [0.25, 0.3) is 0 Å². The summed E-state index contributed by atoms with van der Waals surface area (Å²) < 4.78 is 12.9. The number of guanidine groups is 1. The number of nitrogens with one attached hydrogen (secondary N) is 2. The number of rotatable bonds is 5. The third kappa shape index (κ3) is 6.80. The molecule has 0 spiro atoms. The number of halogens is 2. The van der Waals surface area contributed by atoms with Crippen LogP contribution in [-0.4, -0.2) is 42.4 Å². The van der Waals surface area contributed by atoms with Crippen molar-refractivity contribution in [3.63, 3.8) is 0 Å². The molecule has 1 aromatic carbocycles. The van der Waals surface area contributed by atoms with Gasteiger partial charge in [-0.15, -0.1) is 24.0 Å². The lowest BCUT2D eigenvalue weighted by molar-refractivity contribution is -0.133. The van der Waals surface area contributed by atoms with Crippen LogP contribution >= 0.6 is 24.0 Å². The Kier molecular flexibility index (Phi) is 9.16. The number of carbonyl (C=O) groups excluding carboxylic acids is 1. The predicted octanol–water partition coefficient (Wildman–Crippen LogP) is 2.76. The second-order valence-electron chi connectivity index (χ2n) is 6.39. The van der Waals surface area contributed by atoms with E-state index in [0.29, 0.717) is 13.1 Å².